The van der Waals surface area contributed by atoms with Crippen molar-refractivity contribution in [2.24, 2.45) is 0 Å². The molecule has 1 atom stereocenters. The van der Waals surface area contributed by atoms with E-state index in [4.69, 9.17) is 11.6 Å². The summed E-state index contributed by atoms with van der Waals surface area (Å²) >= 11 is 6.46. The first kappa shape index (κ1) is 34.5. The van der Waals surface area contributed by atoms with Crippen molar-refractivity contribution >= 4 is 39.1 Å². The number of alkyl halides is 3. The number of rotatable bonds is 12. The predicted octanol–water partition coefficient (Wildman–Crippen LogP) is 6.72. The van der Waals surface area contributed by atoms with Gasteiger partial charge in [-0.25, -0.2) is 8.42 Å². The van der Waals surface area contributed by atoms with Gasteiger partial charge in [-0.15, -0.1) is 0 Å². The molecule has 7 nitrogen and oxygen atoms in total. The van der Waals surface area contributed by atoms with Crippen LogP contribution < -0.4 is 9.62 Å². The molecule has 4 rings (SSSR count). The molecule has 0 fully saturated rings. The summed E-state index contributed by atoms with van der Waals surface area (Å²) in [7, 11) is -4.56. The fourth-order valence-electron chi connectivity index (χ4n) is 4.83. The predicted molar refractivity (Wildman–Crippen MR) is 172 cm³/mol. The van der Waals surface area contributed by atoms with E-state index < -0.39 is 46.2 Å². The van der Waals surface area contributed by atoms with Crippen molar-refractivity contribution in [2.45, 2.75) is 50.0 Å². The zero-order chi connectivity index (χ0) is 33.5. The number of carbonyl (C=O) groups is 2. The maximum atomic E-state index is 14.4. The lowest BCUT2D eigenvalue weighted by molar-refractivity contribution is -0.140. The van der Waals surface area contributed by atoms with Gasteiger partial charge in [-0.1, -0.05) is 84.4 Å². The standard InChI is InChI=1S/C34H33ClF3N3O4S/c1-24(2)39-33(43)31(20-25-12-5-3-6-13-25)40(22-26-14-9-10-19-30(26)35)32(42)23-41(46(44,45)29-17-7-4-8-18-29)28-16-11-15-27(21-28)34(36,37)38/h3-19,21,24,31H,20,22-23H2,1-2H3,(H,39,43). The van der Waals surface area contributed by atoms with Gasteiger partial charge in [0.15, 0.2) is 0 Å². The second-order valence-corrected chi connectivity index (χ2v) is 13.1. The van der Waals surface area contributed by atoms with Gasteiger partial charge in [-0.3, -0.25) is 13.9 Å². The molecular weight excluding hydrogens is 639 g/mol. The Hall–Kier alpha value is -4.35. The minimum absolute atomic E-state index is 0.0740. The second-order valence-electron chi connectivity index (χ2n) is 10.9. The average Bonchev–Trinajstić information content (AvgIpc) is 3.02. The Balaban J connectivity index is 1.85. The molecule has 0 bridgehead atoms. The molecule has 0 saturated carbocycles. The maximum absolute atomic E-state index is 14.4. The summed E-state index contributed by atoms with van der Waals surface area (Å²) in [5, 5.41) is 3.16. The van der Waals surface area contributed by atoms with E-state index in [1.54, 1.807) is 74.5 Å². The number of nitrogens with one attached hydrogen (secondary N) is 1. The van der Waals surface area contributed by atoms with Gasteiger partial charge in [-0.05, 0) is 61.4 Å². The van der Waals surface area contributed by atoms with Crippen LogP contribution in [-0.4, -0.2) is 43.8 Å². The molecule has 1 N–H and O–H groups in total. The van der Waals surface area contributed by atoms with Crippen LogP contribution in [0.2, 0.25) is 5.02 Å². The summed E-state index contributed by atoms with van der Waals surface area (Å²) in [6.07, 6.45) is -4.70. The molecular formula is C34H33ClF3N3O4S. The van der Waals surface area contributed by atoms with Gasteiger partial charge >= 0.3 is 6.18 Å². The SMILES string of the molecule is CC(C)NC(=O)C(Cc1ccccc1)N(Cc1ccccc1Cl)C(=O)CN(c1cccc(C(F)(F)F)c1)S(=O)(=O)c1ccccc1. The second kappa shape index (κ2) is 14.8. The van der Waals surface area contributed by atoms with E-state index in [9.17, 15) is 31.2 Å². The van der Waals surface area contributed by atoms with Gasteiger partial charge in [0.05, 0.1) is 16.1 Å². The third-order valence-corrected chi connectivity index (χ3v) is 9.23. The summed E-state index contributed by atoms with van der Waals surface area (Å²) in [6, 6.07) is 25.1. The summed E-state index contributed by atoms with van der Waals surface area (Å²) < 4.78 is 69.8. The molecule has 0 spiro atoms. The number of amides is 2. The van der Waals surface area contributed by atoms with Crippen molar-refractivity contribution in [3.63, 3.8) is 0 Å². The topological polar surface area (TPSA) is 86.8 Å². The average molecular weight is 672 g/mol. The van der Waals surface area contributed by atoms with Gasteiger partial charge < -0.3 is 10.2 Å². The van der Waals surface area contributed by atoms with E-state index in [1.165, 1.54) is 35.2 Å². The minimum Gasteiger partial charge on any atom is -0.352 e. The Morgan fingerprint density at radius 1 is 0.848 bits per heavy atom. The first-order chi connectivity index (χ1) is 21.8. The highest BCUT2D eigenvalue weighted by Gasteiger charge is 2.36. The molecule has 0 aliphatic carbocycles. The molecule has 1 unspecified atom stereocenters. The van der Waals surface area contributed by atoms with Crippen molar-refractivity contribution < 1.29 is 31.2 Å². The van der Waals surface area contributed by atoms with E-state index in [-0.39, 0.29) is 29.6 Å². The number of halogens is 4. The first-order valence-corrected chi connectivity index (χ1v) is 16.2. The zero-order valence-corrected chi connectivity index (χ0v) is 26.7. The van der Waals surface area contributed by atoms with Crippen molar-refractivity contribution in [2.75, 3.05) is 10.8 Å². The Bertz CT molecular complexity index is 1750. The highest BCUT2D eigenvalue weighted by Crippen LogP contribution is 2.33. The number of sulfonamides is 1. The molecule has 0 aromatic heterocycles. The van der Waals surface area contributed by atoms with Crippen molar-refractivity contribution in [1.82, 2.24) is 10.2 Å². The molecule has 0 saturated heterocycles. The van der Waals surface area contributed by atoms with Crippen LogP contribution in [0.25, 0.3) is 0 Å². The van der Waals surface area contributed by atoms with Gasteiger partial charge in [0.2, 0.25) is 11.8 Å². The number of carbonyl (C=O) groups excluding carboxylic acids is 2. The lowest BCUT2D eigenvalue weighted by Gasteiger charge is -2.34. The maximum Gasteiger partial charge on any atom is 0.416 e. The summed E-state index contributed by atoms with van der Waals surface area (Å²) in [5.74, 6) is -1.31. The molecule has 0 heterocycles. The molecule has 242 valence electrons. The van der Waals surface area contributed by atoms with Crippen LogP contribution in [0.5, 0.6) is 0 Å². The monoisotopic (exact) mass is 671 g/mol. The fraction of sp³-hybridized carbons (Fsp3) is 0.235. The van der Waals surface area contributed by atoms with Gasteiger partial charge in [0.25, 0.3) is 10.0 Å². The molecule has 0 aliphatic rings. The van der Waals surface area contributed by atoms with E-state index in [1.807, 2.05) is 0 Å². The van der Waals surface area contributed by atoms with E-state index in [2.05, 4.69) is 5.32 Å². The van der Waals surface area contributed by atoms with Crippen molar-refractivity contribution in [3.8, 4) is 0 Å². The number of benzene rings is 4. The highest BCUT2D eigenvalue weighted by molar-refractivity contribution is 7.92. The van der Waals surface area contributed by atoms with E-state index in [0.29, 0.717) is 21.0 Å². The fourth-order valence-corrected chi connectivity index (χ4v) is 6.45. The van der Waals surface area contributed by atoms with E-state index >= 15 is 0 Å². The van der Waals surface area contributed by atoms with Gasteiger partial charge in [0, 0.05) is 24.0 Å². The Kier molecular flexibility index (Phi) is 11.1. The van der Waals surface area contributed by atoms with Crippen LogP contribution in [0.4, 0.5) is 18.9 Å². The molecule has 2 amide bonds. The summed E-state index contributed by atoms with van der Waals surface area (Å²) in [5.41, 5.74) is -0.229. The number of hydrogen-bond acceptors (Lipinski definition) is 4. The number of anilines is 1. The third-order valence-electron chi connectivity index (χ3n) is 7.07. The molecule has 0 radical (unpaired) electrons. The lowest BCUT2D eigenvalue weighted by atomic mass is 10.0. The Morgan fingerprint density at radius 3 is 2.07 bits per heavy atom. The van der Waals surface area contributed by atoms with Crippen molar-refractivity contribution in [3.05, 3.63) is 131 Å². The Morgan fingerprint density at radius 2 is 1.46 bits per heavy atom. The first-order valence-electron chi connectivity index (χ1n) is 14.4. The van der Waals surface area contributed by atoms with Crippen LogP contribution in [0.3, 0.4) is 0 Å². The van der Waals surface area contributed by atoms with Crippen LogP contribution in [0.1, 0.15) is 30.5 Å². The van der Waals surface area contributed by atoms with Crippen LogP contribution >= 0.6 is 11.6 Å². The third kappa shape index (κ3) is 8.67. The lowest BCUT2D eigenvalue weighted by Crippen LogP contribution is -2.54. The molecule has 0 aliphatic heterocycles. The van der Waals surface area contributed by atoms with Gasteiger partial charge in [-0.2, -0.15) is 13.2 Å². The number of hydrogen-bond donors (Lipinski definition) is 1. The minimum atomic E-state index is -4.77. The molecule has 4 aromatic rings. The molecule has 46 heavy (non-hydrogen) atoms. The normalized spacial score (nSPS) is 12.4. The Labute approximate surface area is 271 Å². The quantitative estimate of drug-likeness (QED) is 0.181. The zero-order valence-electron chi connectivity index (χ0n) is 25.1. The van der Waals surface area contributed by atoms with Crippen LogP contribution in [0, 0.1) is 0 Å². The van der Waals surface area contributed by atoms with E-state index in [0.717, 1.165) is 17.7 Å². The molecule has 4 aromatic carbocycles. The summed E-state index contributed by atoms with van der Waals surface area (Å²) in [6.45, 7) is 2.45. The summed E-state index contributed by atoms with van der Waals surface area (Å²) in [4.78, 5) is 29.1. The van der Waals surface area contributed by atoms with Crippen LogP contribution in [0.15, 0.2) is 114 Å². The van der Waals surface area contributed by atoms with Gasteiger partial charge in [0.1, 0.15) is 12.6 Å². The van der Waals surface area contributed by atoms with Crippen LogP contribution in [-0.2, 0) is 38.8 Å². The van der Waals surface area contributed by atoms with Crippen molar-refractivity contribution in [1.29, 1.82) is 0 Å². The highest BCUT2D eigenvalue weighted by atomic mass is 35.5. The smallest absolute Gasteiger partial charge is 0.352 e. The largest absolute Gasteiger partial charge is 0.416 e. The molecule has 12 heteroatoms. The number of nitrogens with zero attached hydrogens (tertiary/aromatic N) is 2.